The van der Waals surface area contributed by atoms with Crippen LogP contribution < -0.4 is 4.74 Å². The molecule has 3 heteroatoms. The number of hydrogen-bond acceptors (Lipinski definition) is 2. The molecule has 2 nitrogen and oxygen atoms in total. The molecule has 84 valence electrons. The highest BCUT2D eigenvalue weighted by Gasteiger charge is 2.35. The molecule has 0 saturated carbocycles. The highest BCUT2D eigenvalue weighted by Crippen LogP contribution is 2.37. The van der Waals surface area contributed by atoms with Crippen LogP contribution in [0.15, 0.2) is 24.3 Å². The number of hydrogen-bond donors (Lipinski definition) is 0. The summed E-state index contributed by atoms with van der Waals surface area (Å²) in [6, 6.07) is 10.3. The molecule has 0 amide bonds. The van der Waals surface area contributed by atoms with Crippen molar-refractivity contribution in [2.75, 3.05) is 12.5 Å². The third-order valence-corrected chi connectivity index (χ3v) is 3.30. The molecule has 1 aromatic rings. The monoisotopic (exact) mass is 235 g/mol. The van der Waals surface area contributed by atoms with Gasteiger partial charge in [0.15, 0.2) is 0 Å². The van der Waals surface area contributed by atoms with Crippen molar-refractivity contribution in [3.05, 3.63) is 29.8 Å². The number of nitrogens with zero attached hydrogens (tertiary/aromatic N) is 1. The molecule has 1 aromatic carbocycles. The summed E-state index contributed by atoms with van der Waals surface area (Å²) in [5.41, 5.74) is 0.744. The van der Waals surface area contributed by atoms with E-state index in [1.807, 2.05) is 24.3 Å². The maximum atomic E-state index is 9.32. The van der Waals surface area contributed by atoms with Gasteiger partial charge in [0, 0.05) is 5.88 Å². The van der Waals surface area contributed by atoms with Gasteiger partial charge in [-0.1, -0.05) is 18.2 Å². The van der Waals surface area contributed by atoms with Crippen LogP contribution >= 0.6 is 11.6 Å². The van der Waals surface area contributed by atoms with Gasteiger partial charge in [0.1, 0.15) is 12.4 Å². The Labute approximate surface area is 101 Å². The second-order valence-electron chi connectivity index (χ2n) is 4.26. The summed E-state index contributed by atoms with van der Waals surface area (Å²) in [5, 5.41) is 9.32. The van der Waals surface area contributed by atoms with Gasteiger partial charge in [-0.25, -0.2) is 0 Å². The molecule has 0 bridgehead atoms. The summed E-state index contributed by atoms with van der Waals surface area (Å²) < 4.78 is 5.66. The molecule has 1 aliphatic heterocycles. The third kappa shape index (κ3) is 2.15. The highest BCUT2D eigenvalue weighted by atomic mass is 35.5. The Morgan fingerprint density at radius 1 is 1.44 bits per heavy atom. The predicted molar refractivity (Wildman–Crippen MR) is 63.6 cm³/mol. The van der Waals surface area contributed by atoms with Crippen LogP contribution in [0.3, 0.4) is 0 Å². The van der Waals surface area contributed by atoms with E-state index in [4.69, 9.17) is 16.3 Å². The first-order chi connectivity index (χ1) is 7.79. The molecule has 1 aliphatic rings. The smallest absolute Gasteiger partial charge is 0.122 e. The first kappa shape index (κ1) is 11.3. The fourth-order valence-electron chi connectivity index (χ4n) is 2.12. The van der Waals surface area contributed by atoms with E-state index < -0.39 is 0 Å². The van der Waals surface area contributed by atoms with Crippen LogP contribution in [-0.4, -0.2) is 12.5 Å². The first-order valence-corrected chi connectivity index (χ1v) is 6.01. The summed E-state index contributed by atoms with van der Waals surface area (Å²) in [5.74, 6) is 1.52. The molecule has 0 spiro atoms. The van der Waals surface area contributed by atoms with E-state index >= 15 is 0 Å². The van der Waals surface area contributed by atoms with Crippen molar-refractivity contribution in [2.45, 2.75) is 19.3 Å². The van der Waals surface area contributed by atoms with E-state index in [1.165, 1.54) is 0 Å². The lowest BCUT2D eigenvalue weighted by atomic mass is 9.78. The fraction of sp³-hybridized carbons (Fsp3) is 0.462. The molecular weight excluding hydrogens is 222 g/mol. The molecule has 0 aromatic heterocycles. The molecule has 1 heterocycles. The summed E-state index contributed by atoms with van der Waals surface area (Å²) in [4.78, 5) is 0. The lowest BCUT2D eigenvalue weighted by Crippen LogP contribution is -2.33. The zero-order chi connectivity index (χ0) is 11.4. The number of ether oxygens (including phenoxy) is 1. The van der Waals surface area contributed by atoms with Gasteiger partial charge in [-0.3, -0.25) is 0 Å². The van der Waals surface area contributed by atoms with Crippen LogP contribution in [0.2, 0.25) is 0 Å². The van der Waals surface area contributed by atoms with E-state index in [9.17, 15) is 5.26 Å². The Balaban J connectivity index is 2.19. The minimum Gasteiger partial charge on any atom is -0.492 e. The molecule has 0 N–H and O–H groups in total. The van der Waals surface area contributed by atoms with Crippen LogP contribution in [-0.2, 0) is 6.42 Å². The van der Waals surface area contributed by atoms with E-state index in [-0.39, 0.29) is 5.41 Å². The molecule has 0 aliphatic carbocycles. The first-order valence-electron chi connectivity index (χ1n) is 5.48. The van der Waals surface area contributed by atoms with Crippen molar-refractivity contribution >= 4 is 11.6 Å². The second-order valence-corrected chi connectivity index (χ2v) is 4.64. The van der Waals surface area contributed by atoms with E-state index in [0.29, 0.717) is 12.5 Å². The molecule has 0 radical (unpaired) electrons. The Kier molecular flexibility index (Phi) is 3.36. The van der Waals surface area contributed by atoms with Crippen LogP contribution in [0, 0.1) is 16.7 Å². The number of rotatable bonds is 3. The lowest BCUT2D eigenvalue weighted by molar-refractivity contribution is 0.160. The maximum Gasteiger partial charge on any atom is 0.122 e. The summed E-state index contributed by atoms with van der Waals surface area (Å²) in [6.45, 7) is 0.484. The van der Waals surface area contributed by atoms with Crippen molar-refractivity contribution in [2.24, 2.45) is 5.41 Å². The van der Waals surface area contributed by atoms with Gasteiger partial charge in [0.05, 0.1) is 11.5 Å². The Hall–Kier alpha value is -1.20. The van der Waals surface area contributed by atoms with Crippen molar-refractivity contribution in [3.8, 4) is 11.8 Å². The van der Waals surface area contributed by atoms with Crippen LogP contribution in [0.25, 0.3) is 0 Å². The maximum absolute atomic E-state index is 9.32. The number of nitriles is 1. The average molecular weight is 236 g/mol. The minimum absolute atomic E-state index is 0.386. The van der Waals surface area contributed by atoms with Gasteiger partial charge >= 0.3 is 0 Å². The van der Waals surface area contributed by atoms with Crippen LogP contribution in [0.1, 0.15) is 18.4 Å². The molecule has 0 saturated heterocycles. The Morgan fingerprint density at radius 3 is 3.00 bits per heavy atom. The molecule has 1 atom stereocenters. The van der Waals surface area contributed by atoms with Gasteiger partial charge in [-0.05, 0) is 30.9 Å². The Bertz CT molecular complexity index is 413. The molecule has 0 fully saturated rings. The number of alkyl halides is 1. The molecule has 16 heavy (non-hydrogen) atoms. The highest BCUT2D eigenvalue weighted by molar-refractivity contribution is 6.17. The zero-order valence-electron chi connectivity index (χ0n) is 9.08. The van der Waals surface area contributed by atoms with E-state index in [0.717, 1.165) is 30.6 Å². The zero-order valence-corrected chi connectivity index (χ0v) is 9.83. The van der Waals surface area contributed by atoms with Crippen LogP contribution in [0.5, 0.6) is 5.75 Å². The molecule has 2 rings (SSSR count). The second kappa shape index (κ2) is 4.76. The number of halogens is 1. The largest absolute Gasteiger partial charge is 0.492 e. The summed E-state index contributed by atoms with van der Waals surface area (Å²) in [6.07, 6.45) is 2.44. The van der Waals surface area contributed by atoms with E-state index in [1.54, 1.807) is 0 Å². The van der Waals surface area contributed by atoms with Gasteiger partial charge in [-0.15, -0.1) is 11.6 Å². The summed E-state index contributed by atoms with van der Waals surface area (Å²) in [7, 11) is 0. The van der Waals surface area contributed by atoms with Crippen molar-refractivity contribution in [3.63, 3.8) is 0 Å². The quantitative estimate of drug-likeness (QED) is 0.754. The van der Waals surface area contributed by atoms with Gasteiger partial charge in [0.2, 0.25) is 0 Å². The lowest BCUT2D eigenvalue weighted by Gasteiger charge is -2.32. The average Bonchev–Trinajstić information content (AvgIpc) is 2.36. The third-order valence-electron chi connectivity index (χ3n) is 3.03. The predicted octanol–water partition coefficient (Wildman–Crippen LogP) is 3.15. The van der Waals surface area contributed by atoms with Crippen LogP contribution in [0.4, 0.5) is 0 Å². The Morgan fingerprint density at radius 2 is 2.25 bits per heavy atom. The molecular formula is C13H14ClNO. The van der Waals surface area contributed by atoms with E-state index in [2.05, 4.69) is 6.07 Å². The standard InChI is InChI=1S/C13H14ClNO/c14-7-3-6-13(9-15)8-11-4-1-2-5-12(11)16-10-13/h1-2,4-5H,3,6-8,10H2. The fourth-order valence-corrected chi connectivity index (χ4v) is 2.25. The number of para-hydroxylation sites is 1. The SMILES string of the molecule is N#CC1(CCCCl)COc2ccccc2C1. The molecule has 1 unspecified atom stereocenters. The minimum atomic E-state index is -0.386. The van der Waals surface area contributed by atoms with Crippen molar-refractivity contribution in [1.82, 2.24) is 0 Å². The number of benzene rings is 1. The van der Waals surface area contributed by atoms with Gasteiger partial charge < -0.3 is 4.74 Å². The van der Waals surface area contributed by atoms with Crippen molar-refractivity contribution in [1.29, 1.82) is 5.26 Å². The summed E-state index contributed by atoms with van der Waals surface area (Å²) >= 11 is 5.69. The van der Waals surface area contributed by atoms with Gasteiger partial charge in [0.25, 0.3) is 0 Å². The van der Waals surface area contributed by atoms with Gasteiger partial charge in [-0.2, -0.15) is 5.26 Å². The normalized spacial score (nSPS) is 23.0. The van der Waals surface area contributed by atoms with Crippen molar-refractivity contribution < 1.29 is 4.74 Å². The number of fused-ring (bicyclic) bond motifs is 1. The topological polar surface area (TPSA) is 33.0 Å².